The van der Waals surface area contributed by atoms with Gasteiger partial charge in [-0.15, -0.1) is 22.7 Å². The number of hydrogen-bond donors (Lipinski definition) is 2. The minimum Gasteiger partial charge on any atom is -0.396 e. The molecule has 2 N–H and O–H groups in total. The largest absolute Gasteiger partial charge is 0.396 e. The van der Waals surface area contributed by atoms with E-state index in [1.54, 1.807) is 0 Å². The molecule has 0 saturated heterocycles. The Bertz CT molecular complexity index is 509. The van der Waals surface area contributed by atoms with Gasteiger partial charge in [-0.1, -0.05) is 18.6 Å². The van der Waals surface area contributed by atoms with E-state index < -0.39 is 0 Å². The van der Waals surface area contributed by atoms with Crippen LogP contribution < -0.4 is 5.32 Å². The summed E-state index contributed by atoms with van der Waals surface area (Å²) in [5.74, 6) is 1.14. The molecule has 0 spiro atoms. The van der Waals surface area contributed by atoms with E-state index in [1.807, 2.05) is 22.7 Å². The Morgan fingerprint density at radius 3 is 2.67 bits per heavy atom. The van der Waals surface area contributed by atoms with E-state index in [1.165, 1.54) is 29.0 Å². The predicted octanol–water partition coefficient (Wildman–Crippen LogP) is 4.09. The molecule has 1 aliphatic carbocycles. The van der Waals surface area contributed by atoms with Crippen molar-refractivity contribution >= 4 is 22.7 Å². The van der Waals surface area contributed by atoms with Gasteiger partial charge in [0.1, 0.15) is 0 Å². The Morgan fingerprint density at radius 1 is 1.14 bits per heavy atom. The quantitative estimate of drug-likeness (QED) is 0.805. The SMILES string of the molecule is OCC1CCCC1CNC(Cc1cccs1)c1cccs1. The van der Waals surface area contributed by atoms with Gasteiger partial charge in [-0.3, -0.25) is 0 Å². The second-order valence-corrected chi connectivity index (χ2v) is 7.90. The Kier molecular flexibility index (Phi) is 5.47. The summed E-state index contributed by atoms with van der Waals surface area (Å²) in [5, 5.41) is 17.6. The van der Waals surface area contributed by atoms with Crippen LogP contribution in [0.4, 0.5) is 0 Å². The molecule has 1 aliphatic rings. The highest BCUT2D eigenvalue weighted by Gasteiger charge is 2.27. The number of thiophene rings is 2. The molecule has 1 fully saturated rings. The third kappa shape index (κ3) is 3.95. The van der Waals surface area contributed by atoms with Crippen LogP contribution >= 0.6 is 22.7 Å². The lowest BCUT2D eigenvalue weighted by molar-refractivity contribution is 0.190. The number of aliphatic hydroxyl groups is 1. The zero-order valence-electron chi connectivity index (χ0n) is 12.2. The van der Waals surface area contributed by atoms with Crippen molar-refractivity contribution in [1.82, 2.24) is 5.32 Å². The second kappa shape index (κ2) is 7.54. The van der Waals surface area contributed by atoms with Gasteiger partial charge < -0.3 is 10.4 Å². The van der Waals surface area contributed by atoms with Gasteiger partial charge in [-0.2, -0.15) is 0 Å². The number of nitrogens with one attached hydrogen (secondary N) is 1. The fourth-order valence-electron chi connectivity index (χ4n) is 3.31. The molecule has 0 amide bonds. The molecule has 0 aromatic carbocycles. The van der Waals surface area contributed by atoms with Gasteiger partial charge in [0.05, 0.1) is 0 Å². The van der Waals surface area contributed by atoms with Gasteiger partial charge in [0.15, 0.2) is 0 Å². The zero-order chi connectivity index (χ0) is 14.5. The number of hydrogen-bond acceptors (Lipinski definition) is 4. The van der Waals surface area contributed by atoms with E-state index in [-0.39, 0.29) is 0 Å². The van der Waals surface area contributed by atoms with Gasteiger partial charge in [-0.25, -0.2) is 0 Å². The molecule has 2 nitrogen and oxygen atoms in total. The molecule has 3 atom stereocenters. The molecule has 2 aromatic heterocycles. The normalized spacial score (nSPS) is 23.5. The van der Waals surface area contributed by atoms with Crippen molar-refractivity contribution in [3.8, 4) is 0 Å². The van der Waals surface area contributed by atoms with Crippen LogP contribution in [-0.2, 0) is 6.42 Å². The summed E-state index contributed by atoms with van der Waals surface area (Å²) in [4.78, 5) is 2.85. The van der Waals surface area contributed by atoms with Crippen molar-refractivity contribution in [3.63, 3.8) is 0 Å². The lowest BCUT2D eigenvalue weighted by Crippen LogP contribution is -2.30. The number of rotatable bonds is 7. The lowest BCUT2D eigenvalue weighted by atomic mass is 9.96. The van der Waals surface area contributed by atoms with Crippen LogP contribution in [0, 0.1) is 11.8 Å². The van der Waals surface area contributed by atoms with Crippen molar-refractivity contribution < 1.29 is 5.11 Å². The van der Waals surface area contributed by atoms with Crippen molar-refractivity contribution in [3.05, 3.63) is 44.8 Å². The molecule has 3 unspecified atom stereocenters. The standard InChI is InChI=1S/C17H23NOS2/c19-12-14-5-1-4-13(14)11-18-16(17-7-3-9-21-17)10-15-6-2-8-20-15/h2-3,6-9,13-14,16,18-19H,1,4-5,10-12H2. The van der Waals surface area contributed by atoms with Gasteiger partial charge >= 0.3 is 0 Å². The first kappa shape index (κ1) is 15.2. The van der Waals surface area contributed by atoms with Crippen LogP contribution in [0.5, 0.6) is 0 Å². The maximum atomic E-state index is 9.47. The average Bonchev–Trinajstić information content (AvgIpc) is 3.23. The summed E-state index contributed by atoms with van der Waals surface area (Å²) in [6.45, 7) is 1.38. The maximum Gasteiger partial charge on any atom is 0.0463 e. The Balaban J connectivity index is 1.62. The minimum absolute atomic E-state index is 0.348. The summed E-state index contributed by atoms with van der Waals surface area (Å²) in [6, 6.07) is 9.12. The predicted molar refractivity (Wildman–Crippen MR) is 91.0 cm³/mol. The van der Waals surface area contributed by atoms with Crippen LogP contribution in [-0.4, -0.2) is 18.3 Å². The van der Waals surface area contributed by atoms with Crippen molar-refractivity contribution in [2.45, 2.75) is 31.7 Å². The van der Waals surface area contributed by atoms with E-state index in [0.29, 0.717) is 24.5 Å². The second-order valence-electron chi connectivity index (χ2n) is 5.89. The summed E-state index contributed by atoms with van der Waals surface area (Å²) < 4.78 is 0. The molecule has 4 heteroatoms. The highest BCUT2D eigenvalue weighted by atomic mass is 32.1. The Hall–Kier alpha value is -0.680. The molecule has 21 heavy (non-hydrogen) atoms. The number of aliphatic hydroxyl groups excluding tert-OH is 1. The zero-order valence-corrected chi connectivity index (χ0v) is 13.8. The summed E-state index contributed by atoms with van der Waals surface area (Å²) in [6.07, 6.45) is 4.78. The van der Waals surface area contributed by atoms with E-state index >= 15 is 0 Å². The summed E-state index contributed by atoms with van der Waals surface area (Å²) in [5.41, 5.74) is 0. The fourth-order valence-corrected chi connectivity index (χ4v) is 4.86. The van der Waals surface area contributed by atoms with Gasteiger partial charge in [0.25, 0.3) is 0 Å². The highest BCUT2D eigenvalue weighted by Crippen LogP contribution is 2.32. The molecule has 0 bridgehead atoms. The first-order chi connectivity index (χ1) is 10.4. The molecular weight excluding hydrogens is 298 g/mol. The smallest absolute Gasteiger partial charge is 0.0463 e. The molecule has 1 saturated carbocycles. The van der Waals surface area contributed by atoms with E-state index in [9.17, 15) is 5.11 Å². The Morgan fingerprint density at radius 2 is 1.95 bits per heavy atom. The van der Waals surface area contributed by atoms with Crippen LogP contribution in [0.1, 0.15) is 35.1 Å². The Labute approximate surface area is 134 Å². The third-order valence-electron chi connectivity index (χ3n) is 4.55. The summed E-state index contributed by atoms with van der Waals surface area (Å²) >= 11 is 3.67. The minimum atomic E-state index is 0.348. The van der Waals surface area contributed by atoms with Crippen molar-refractivity contribution in [1.29, 1.82) is 0 Å². The van der Waals surface area contributed by atoms with E-state index in [0.717, 1.165) is 13.0 Å². The first-order valence-electron chi connectivity index (χ1n) is 7.77. The van der Waals surface area contributed by atoms with E-state index in [2.05, 4.69) is 40.3 Å². The first-order valence-corrected chi connectivity index (χ1v) is 9.52. The van der Waals surface area contributed by atoms with Crippen molar-refractivity contribution in [2.24, 2.45) is 11.8 Å². The van der Waals surface area contributed by atoms with Gasteiger partial charge in [-0.05, 0) is 54.1 Å². The van der Waals surface area contributed by atoms with Gasteiger partial charge in [0.2, 0.25) is 0 Å². The topological polar surface area (TPSA) is 32.3 Å². The molecule has 2 heterocycles. The van der Waals surface area contributed by atoms with Crippen LogP contribution in [0.3, 0.4) is 0 Å². The molecule has 0 radical (unpaired) electrons. The molecule has 2 aromatic rings. The highest BCUT2D eigenvalue weighted by molar-refractivity contribution is 7.10. The molecule has 3 rings (SSSR count). The fraction of sp³-hybridized carbons (Fsp3) is 0.529. The van der Waals surface area contributed by atoms with Crippen LogP contribution in [0.15, 0.2) is 35.0 Å². The maximum absolute atomic E-state index is 9.47. The monoisotopic (exact) mass is 321 g/mol. The summed E-state index contributed by atoms with van der Waals surface area (Å²) in [7, 11) is 0. The third-order valence-corrected chi connectivity index (χ3v) is 6.43. The molecule has 114 valence electrons. The van der Waals surface area contributed by atoms with Gasteiger partial charge in [0, 0.05) is 28.8 Å². The lowest BCUT2D eigenvalue weighted by Gasteiger charge is -2.23. The van der Waals surface area contributed by atoms with Crippen molar-refractivity contribution in [2.75, 3.05) is 13.2 Å². The van der Waals surface area contributed by atoms with E-state index in [4.69, 9.17) is 0 Å². The molecular formula is C17H23NOS2. The average molecular weight is 322 g/mol. The van der Waals surface area contributed by atoms with Crippen LogP contribution in [0.25, 0.3) is 0 Å². The molecule has 0 aliphatic heterocycles. The van der Waals surface area contributed by atoms with Crippen LogP contribution in [0.2, 0.25) is 0 Å².